The van der Waals surface area contributed by atoms with E-state index >= 15 is 0 Å². The van der Waals surface area contributed by atoms with E-state index < -0.39 is 0 Å². The molecule has 114 valence electrons. The summed E-state index contributed by atoms with van der Waals surface area (Å²) in [6.07, 6.45) is 5.32. The van der Waals surface area contributed by atoms with Crippen LogP contribution in [0, 0.1) is 0 Å². The molecule has 1 N–H and O–H groups in total. The van der Waals surface area contributed by atoms with Gasteiger partial charge in [0, 0.05) is 23.7 Å². The lowest BCUT2D eigenvalue weighted by Crippen LogP contribution is -2.42. The molecule has 1 aromatic carbocycles. The predicted molar refractivity (Wildman–Crippen MR) is 88.8 cm³/mol. The van der Waals surface area contributed by atoms with Crippen LogP contribution in [0.5, 0.6) is 5.75 Å². The molecular weight excluding hydrogens is 260 g/mol. The van der Waals surface area contributed by atoms with E-state index in [0.29, 0.717) is 6.04 Å². The molecule has 0 saturated heterocycles. The molecule has 0 saturated carbocycles. The molecule has 0 bridgehead atoms. The average molecular weight is 286 g/mol. The van der Waals surface area contributed by atoms with Gasteiger partial charge in [0.15, 0.2) is 0 Å². The number of nitrogens with one attached hydrogen (secondary N) is 1. The van der Waals surface area contributed by atoms with Crippen LogP contribution in [0.2, 0.25) is 0 Å². The molecule has 21 heavy (non-hydrogen) atoms. The van der Waals surface area contributed by atoms with Gasteiger partial charge in [0.1, 0.15) is 11.9 Å². The van der Waals surface area contributed by atoms with Crippen molar-refractivity contribution in [2.24, 2.45) is 0 Å². The SMILES string of the molecule is CCCC(NCC)C(CC)Oc1ccc2cccnc2c1. The highest BCUT2D eigenvalue weighted by molar-refractivity contribution is 5.79. The number of pyridine rings is 1. The molecule has 1 aromatic heterocycles. The van der Waals surface area contributed by atoms with Gasteiger partial charge in [-0.15, -0.1) is 0 Å². The van der Waals surface area contributed by atoms with Crippen molar-refractivity contribution in [3.63, 3.8) is 0 Å². The van der Waals surface area contributed by atoms with Crippen molar-refractivity contribution >= 4 is 10.9 Å². The third-order valence-corrected chi connectivity index (χ3v) is 3.78. The molecule has 2 atom stereocenters. The third-order valence-electron chi connectivity index (χ3n) is 3.78. The van der Waals surface area contributed by atoms with Crippen molar-refractivity contribution in [3.8, 4) is 5.75 Å². The van der Waals surface area contributed by atoms with Crippen molar-refractivity contribution in [2.75, 3.05) is 6.54 Å². The first-order chi connectivity index (χ1) is 10.3. The fourth-order valence-corrected chi connectivity index (χ4v) is 2.74. The van der Waals surface area contributed by atoms with E-state index in [1.807, 2.05) is 24.4 Å². The minimum Gasteiger partial charge on any atom is -0.489 e. The summed E-state index contributed by atoms with van der Waals surface area (Å²) in [4.78, 5) is 4.40. The van der Waals surface area contributed by atoms with Gasteiger partial charge in [0.05, 0.1) is 5.52 Å². The molecule has 3 nitrogen and oxygen atoms in total. The zero-order chi connectivity index (χ0) is 15.1. The highest BCUT2D eigenvalue weighted by Gasteiger charge is 2.20. The number of benzene rings is 1. The van der Waals surface area contributed by atoms with Gasteiger partial charge >= 0.3 is 0 Å². The largest absolute Gasteiger partial charge is 0.489 e. The van der Waals surface area contributed by atoms with Crippen LogP contribution in [0.3, 0.4) is 0 Å². The van der Waals surface area contributed by atoms with Crippen molar-refractivity contribution in [1.29, 1.82) is 0 Å². The summed E-state index contributed by atoms with van der Waals surface area (Å²) < 4.78 is 6.24. The zero-order valence-electron chi connectivity index (χ0n) is 13.3. The van der Waals surface area contributed by atoms with E-state index in [9.17, 15) is 0 Å². The monoisotopic (exact) mass is 286 g/mol. The summed E-state index contributed by atoms with van der Waals surface area (Å²) in [6, 6.07) is 10.6. The van der Waals surface area contributed by atoms with Gasteiger partial charge < -0.3 is 10.1 Å². The maximum atomic E-state index is 6.24. The van der Waals surface area contributed by atoms with Crippen molar-refractivity contribution in [1.82, 2.24) is 10.3 Å². The Hall–Kier alpha value is -1.61. The molecule has 0 aliphatic rings. The number of aromatic nitrogens is 1. The number of likely N-dealkylation sites (N-methyl/N-ethyl adjacent to an activating group) is 1. The molecule has 0 fully saturated rings. The fourth-order valence-electron chi connectivity index (χ4n) is 2.74. The third kappa shape index (κ3) is 4.18. The van der Waals surface area contributed by atoms with Crippen LogP contribution >= 0.6 is 0 Å². The Bertz CT molecular complexity index is 550. The quantitative estimate of drug-likeness (QED) is 0.791. The highest BCUT2D eigenvalue weighted by atomic mass is 16.5. The van der Waals surface area contributed by atoms with Crippen LogP contribution in [0.4, 0.5) is 0 Å². The second-order valence-corrected chi connectivity index (χ2v) is 5.38. The van der Waals surface area contributed by atoms with Crippen LogP contribution in [-0.4, -0.2) is 23.7 Å². The highest BCUT2D eigenvalue weighted by Crippen LogP contribution is 2.22. The average Bonchev–Trinajstić information content (AvgIpc) is 2.52. The van der Waals surface area contributed by atoms with Gasteiger partial charge in [-0.25, -0.2) is 0 Å². The Balaban J connectivity index is 2.14. The number of hydrogen-bond acceptors (Lipinski definition) is 3. The second-order valence-electron chi connectivity index (χ2n) is 5.38. The Morgan fingerprint density at radius 1 is 1.19 bits per heavy atom. The van der Waals surface area contributed by atoms with Gasteiger partial charge in [-0.1, -0.05) is 33.3 Å². The summed E-state index contributed by atoms with van der Waals surface area (Å²) in [5.41, 5.74) is 0.986. The summed E-state index contributed by atoms with van der Waals surface area (Å²) in [6.45, 7) is 7.53. The molecule has 0 aliphatic carbocycles. The normalized spacial score (nSPS) is 14.0. The first-order valence-corrected chi connectivity index (χ1v) is 8.03. The lowest BCUT2D eigenvalue weighted by Gasteiger charge is -2.27. The Morgan fingerprint density at radius 2 is 2.05 bits per heavy atom. The maximum absolute atomic E-state index is 6.24. The van der Waals surface area contributed by atoms with Crippen LogP contribution in [-0.2, 0) is 0 Å². The fraction of sp³-hybridized carbons (Fsp3) is 0.500. The van der Waals surface area contributed by atoms with Gasteiger partial charge in [0.25, 0.3) is 0 Å². The summed E-state index contributed by atoms with van der Waals surface area (Å²) in [7, 11) is 0. The van der Waals surface area contributed by atoms with Crippen LogP contribution in [0.15, 0.2) is 36.5 Å². The lowest BCUT2D eigenvalue weighted by molar-refractivity contribution is 0.143. The van der Waals surface area contributed by atoms with Gasteiger partial charge in [-0.3, -0.25) is 4.98 Å². The molecule has 3 heteroatoms. The van der Waals surface area contributed by atoms with E-state index in [1.165, 1.54) is 0 Å². The summed E-state index contributed by atoms with van der Waals surface area (Å²) in [5, 5.41) is 4.70. The Kier molecular flexibility index (Phi) is 6.00. The van der Waals surface area contributed by atoms with Gasteiger partial charge in [-0.2, -0.15) is 0 Å². The van der Waals surface area contributed by atoms with Crippen LogP contribution in [0.25, 0.3) is 10.9 Å². The minimum atomic E-state index is 0.200. The van der Waals surface area contributed by atoms with Crippen molar-refractivity contribution in [3.05, 3.63) is 36.5 Å². The number of rotatable bonds is 8. The van der Waals surface area contributed by atoms with Gasteiger partial charge in [0.2, 0.25) is 0 Å². The van der Waals surface area contributed by atoms with E-state index in [2.05, 4.69) is 43.2 Å². The molecular formula is C18H26N2O. The zero-order valence-corrected chi connectivity index (χ0v) is 13.3. The smallest absolute Gasteiger partial charge is 0.122 e. The Labute approximate surface area is 127 Å². The number of ether oxygens (including phenoxy) is 1. The van der Waals surface area contributed by atoms with Gasteiger partial charge in [-0.05, 0) is 37.6 Å². The molecule has 0 spiro atoms. The Morgan fingerprint density at radius 3 is 2.76 bits per heavy atom. The molecule has 2 unspecified atom stereocenters. The van der Waals surface area contributed by atoms with Crippen molar-refractivity contribution in [2.45, 2.75) is 52.2 Å². The first kappa shape index (κ1) is 15.8. The van der Waals surface area contributed by atoms with E-state index in [0.717, 1.165) is 42.5 Å². The maximum Gasteiger partial charge on any atom is 0.122 e. The van der Waals surface area contributed by atoms with Crippen LogP contribution < -0.4 is 10.1 Å². The minimum absolute atomic E-state index is 0.200. The molecule has 0 radical (unpaired) electrons. The molecule has 0 aliphatic heterocycles. The standard InChI is InChI=1S/C18H26N2O/c1-4-8-16(19-6-3)18(5-2)21-15-11-10-14-9-7-12-20-17(14)13-15/h7,9-13,16,18-19H,4-6,8H2,1-3H3. The molecule has 0 amide bonds. The van der Waals surface area contributed by atoms with Crippen LogP contribution in [0.1, 0.15) is 40.0 Å². The van der Waals surface area contributed by atoms with E-state index in [1.54, 1.807) is 0 Å². The lowest BCUT2D eigenvalue weighted by atomic mass is 10.0. The molecule has 1 heterocycles. The van der Waals surface area contributed by atoms with E-state index in [-0.39, 0.29) is 6.10 Å². The van der Waals surface area contributed by atoms with E-state index in [4.69, 9.17) is 4.74 Å². The summed E-state index contributed by atoms with van der Waals surface area (Å²) >= 11 is 0. The molecule has 2 aromatic rings. The topological polar surface area (TPSA) is 34.1 Å². The first-order valence-electron chi connectivity index (χ1n) is 8.03. The predicted octanol–water partition coefficient (Wildman–Crippen LogP) is 4.17. The number of hydrogen-bond donors (Lipinski definition) is 1. The number of fused-ring (bicyclic) bond motifs is 1. The van der Waals surface area contributed by atoms with Crippen molar-refractivity contribution < 1.29 is 4.74 Å². The molecule has 2 rings (SSSR count). The second kappa shape index (κ2) is 7.99. The summed E-state index contributed by atoms with van der Waals surface area (Å²) in [5.74, 6) is 0.909. The number of nitrogens with zero attached hydrogens (tertiary/aromatic N) is 1.